The molecular formula is C29H41N7O4. The minimum Gasteiger partial charge on any atom is -0.494 e. The van der Waals surface area contributed by atoms with Crippen LogP contribution in [0.15, 0.2) is 30.5 Å². The van der Waals surface area contributed by atoms with Crippen LogP contribution in [-0.4, -0.2) is 101 Å². The first-order valence-corrected chi connectivity index (χ1v) is 14.5. The van der Waals surface area contributed by atoms with Gasteiger partial charge in [-0.05, 0) is 49.8 Å². The average Bonchev–Trinajstić information content (AvgIpc) is 3.42. The SMILES string of the molecule is CN(C)C(=O)N1CCCC(C(=O)N2CCC3(CC2)Cc2cn(nn2)CCCOc2ccc(cc2)CCNC3=O)C1. The number of likely N-dealkylation sites (tertiary alicyclic amines) is 2. The van der Waals surface area contributed by atoms with Crippen LogP contribution in [0.3, 0.4) is 0 Å². The second kappa shape index (κ2) is 12.3. The number of carbonyl (C=O) groups excluding carboxylic acids is 3. The molecule has 1 N–H and O–H groups in total. The molecule has 2 saturated heterocycles. The molecule has 4 aliphatic heterocycles. The van der Waals surface area contributed by atoms with Gasteiger partial charge in [-0.25, -0.2) is 4.79 Å². The van der Waals surface area contributed by atoms with Crippen molar-refractivity contribution in [2.75, 3.05) is 53.4 Å². The largest absolute Gasteiger partial charge is 0.494 e. The molecular weight excluding hydrogens is 510 g/mol. The number of hydrogen-bond acceptors (Lipinski definition) is 6. The van der Waals surface area contributed by atoms with Crippen LogP contribution in [0.1, 0.15) is 43.4 Å². The fourth-order valence-corrected chi connectivity index (χ4v) is 6.09. The standard InChI is InChI=1S/C29H41N7O4/c1-33(2)28(39)35-14-3-5-23(20-35)26(37)34-16-11-29(12-17-34)19-24-21-36(32-31-24)15-4-18-40-25-8-6-22(7-9-25)10-13-30-27(29)38/h6-9,21,23H,3-5,10-20H2,1-2H3,(H,30,38). The molecule has 4 amide bonds. The second-order valence-electron chi connectivity index (χ2n) is 11.6. The van der Waals surface area contributed by atoms with Crippen molar-refractivity contribution >= 4 is 17.8 Å². The van der Waals surface area contributed by atoms with Gasteiger partial charge in [0, 0.05) is 72.4 Å². The minimum atomic E-state index is -0.655. The van der Waals surface area contributed by atoms with E-state index >= 15 is 0 Å². The van der Waals surface area contributed by atoms with Gasteiger partial charge in [0.1, 0.15) is 5.75 Å². The van der Waals surface area contributed by atoms with Crippen LogP contribution in [0.5, 0.6) is 5.75 Å². The predicted molar refractivity (Wildman–Crippen MR) is 149 cm³/mol. The van der Waals surface area contributed by atoms with E-state index in [1.54, 1.807) is 23.9 Å². The number of nitrogens with zero attached hydrogens (tertiary/aromatic N) is 6. The van der Waals surface area contributed by atoms with Crippen molar-refractivity contribution in [3.05, 3.63) is 41.7 Å². The van der Waals surface area contributed by atoms with E-state index in [2.05, 4.69) is 15.6 Å². The van der Waals surface area contributed by atoms with E-state index < -0.39 is 5.41 Å². The van der Waals surface area contributed by atoms with Crippen molar-refractivity contribution in [1.29, 1.82) is 0 Å². The van der Waals surface area contributed by atoms with Gasteiger partial charge < -0.3 is 24.8 Å². The van der Waals surface area contributed by atoms with Crippen molar-refractivity contribution in [1.82, 2.24) is 35.0 Å². The molecule has 5 heterocycles. The maximum Gasteiger partial charge on any atom is 0.319 e. The Hall–Kier alpha value is -3.63. The smallest absolute Gasteiger partial charge is 0.319 e. The van der Waals surface area contributed by atoms with Gasteiger partial charge in [-0.3, -0.25) is 14.3 Å². The Kier molecular flexibility index (Phi) is 8.56. The van der Waals surface area contributed by atoms with Crippen LogP contribution in [0, 0.1) is 11.3 Å². The van der Waals surface area contributed by atoms with E-state index in [0.717, 1.165) is 42.7 Å². The van der Waals surface area contributed by atoms with Crippen molar-refractivity contribution in [2.45, 2.75) is 51.5 Å². The predicted octanol–water partition coefficient (Wildman–Crippen LogP) is 1.96. The molecule has 11 heteroatoms. The van der Waals surface area contributed by atoms with Crippen LogP contribution < -0.4 is 10.1 Å². The Morgan fingerprint density at radius 2 is 1.82 bits per heavy atom. The lowest BCUT2D eigenvalue weighted by Crippen LogP contribution is -2.54. The summed E-state index contributed by atoms with van der Waals surface area (Å²) in [5.41, 5.74) is 1.28. The molecule has 1 aromatic carbocycles. The number of fused-ring (bicyclic) bond motifs is 8. The summed E-state index contributed by atoms with van der Waals surface area (Å²) in [5, 5.41) is 11.9. The van der Waals surface area contributed by atoms with Gasteiger partial charge in [0.15, 0.2) is 0 Å². The highest BCUT2D eigenvalue weighted by Gasteiger charge is 2.44. The topological polar surface area (TPSA) is 113 Å². The number of hydrogen-bond donors (Lipinski definition) is 1. The Bertz CT molecular complexity index is 1190. The molecule has 0 saturated carbocycles. The van der Waals surface area contributed by atoms with E-state index in [9.17, 15) is 14.4 Å². The monoisotopic (exact) mass is 551 g/mol. The highest BCUT2D eigenvalue weighted by molar-refractivity contribution is 5.84. The lowest BCUT2D eigenvalue weighted by atomic mass is 9.73. The van der Waals surface area contributed by atoms with E-state index in [1.807, 2.05) is 40.0 Å². The van der Waals surface area contributed by atoms with E-state index in [4.69, 9.17) is 4.74 Å². The molecule has 216 valence electrons. The number of amides is 4. The third-order valence-electron chi connectivity index (χ3n) is 8.47. The molecule has 1 unspecified atom stereocenters. The zero-order valence-electron chi connectivity index (χ0n) is 23.7. The highest BCUT2D eigenvalue weighted by Crippen LogP contribution is 2.36. The molecule has 4 bridgehead atoms. The van der Waals surface area contributed by atoms with Crippen LogP contribution in [0.25, 0.3) is 0 Å². The normalized spacial score (nSPS) is 21.9. The van der Waals surface area contributed by atoms with Gasteiger partial charge in [-0.1, -0.05) is 17.3 Å². The lowest BCUT2D eigenvalue weighted by molar-refractivity contribution is -0.144. The number of aromatic nitrogens is 3. The summed E-state index contributed by atoms with van der Waals surface area (Å²) in [6.07, 6.45) is 6.67. The molecule has 6 rings (SSSR count). The molecule has 4 aliphatic rings. The Morgan fingerprint density at radius 1 is 1.05 bits per heavy atom. The van der Waals surface area contributed by atoms with Crippen molar-refractivity contribution in [3.8, 4) is 5.75 Å². The summed E-state index contributed by atoms with van der Waals surface area (Å²) in [6, 6.07) is 7.98. The number of urea groups is 1. The number of rotatable bonds is 1. The first-order valence-electron chi connectivity index (χ1n) is 14.5. The summed E-state index contributed by atoms with van der Waals surface area (Å²) in [5.74, 6) is 0.741. The van der Waals surface area contributed by atoms with E-state index in [-0.39, 0.29) is 23.8 Å². The number of benzene rings is 1. The quantitative estimate of drug-likeness (QED) is 0.580. The van der Waals surface area contributed by atoms with E-state index in [1.165, 1.54) is 0 Å². The summed E-state index contributed by atoms with van der Waals surface area (Å²) in [7, 11) is 3.48. The number of ether oxygens (including phenoxy) is 1. The number of carbonyl (C=O) groups is 3. The van der Waals surface area contributed by atoms with Gasteiger partial charge in [0.05, 0.1) is 23.6 Å². The maximum atomic E-state index is 13.7. The summed E-state index contributed by atoms with van der Waals surface area (Å²) in [4.78, 5) is 45.0. The van der Waals surface area contributed by atoms with Gasteiger partial charge >= 0.3 is 6.03 Å². The van der Waals surface area contributed by atoms with Gasteiger partial charge in [0.2, 0.25) is 11.8 Å². The third-order valence-corrected chi connectivity index (χ3v) is 8.47. The molecule has 1 aromatic heterocycles. The summed E-state index contributed by atoms with van der Waals surface area (Å²) >= 11 is 0. The minimum absolute atomic E-state index is 0.0128. The highest BCUT2D eigenvalue weighted by atomic mass is 16.5. The third kappa shape index (κ3) is 6.39. The zero-order valence-corrected chi connectivity index (χ0v) is 23.7. The summed E-state index contributed by atoms with van der Waals surface area (Å²) < 4.78 is 7.67. The Labute approximate surface area is 235 Å². The molecule has 1 atom stereocenters. The van der Waals surface area contributed by atoms with Crippen molar-refractivity contribution < 1.29 is 19.1 Å². The van der Waals surface area contributed by atoms with Crippen LogP contribution >= 0.6 is 0 Å². The zero-order chi connectivity index (χ0) is 28.1. The van der Waals surface area contributed by atoms with Crippen LogP contribution in [0.4, 0.5) is 4.79 Å². The molecule has 0 radical (unpaired) electrons. The summed E-state index contributed by atoms with van der Waals surface area (Å²) in [6.45, 7) is 3.96. The molecule has 1 spiro atoms. The number of nitrogens with one attached hydrogen (secondary N) is 1. The first kappa shape index (κ1) is 27.9. The van der Waals surface area contributed by atoms with Gasteiger partial charge in [-0.2, -0.15) is 0 Å². The number of piperidine rings is 2. The lowest BCUT2D eigenvalue weighted by Gasteiger charge is -2.42. The molecule has 11 nitrogen and oxygen atoms in total. The Balaban J connectivity index is 1.27. The average molecular weight is 552 g/mol. The molecule has 2 fully saturated rings. The van der Waals surface area contributed by atoms with E-state index in [0.29, 0.717) is 65.1 Å². The first-order chi connectivity index (χ1) is 19.3. The Morgan fingerprint density at radius 3 is 2.58 bits per heavy atom. The fourth-order valence-electron chi connectivity index (χ4n) is 6.09. The molecule has 0 aliphatic carbocycles. The van der Waals surface area contributed by atoms with Crippen molar-refractivity contribution in [2.24, 2.45) is 11.3 Å². The second-order valence-corrected chi connectivity index (χ2v) is 11.6. The van der Waals surface area contributed by atoms with Gasteiger partial charge in [0.25, 0.3) is 0 Å². The number of aryl methyl sites for hydroxylation is 1. The molecule has 40 heavy (non-hydrogen) atoms. The maximum absolute atomic E-state index is 13.7. The molecule has 2 aromatic rings. The van der Waals surface area contributed by atoms with Crippen molar-refractivity contribution in [3.63, 3.8) is 0 Å². The fraction of sp³-hybridized carbons (Fsp3) is 0.621. The van der Waals surface area contributed by atoms with Crippen LogP contribution in [0.2, 0.25) is 0 Å². The van der Waals surface area contributed by atoms with Gasteiger partial charge in [-0.15, -0.1) is 5.10 Å². The van der Waals surface area contributed by atoms with Crippen LogP contribution in [-0.2, 0) is 29.0 Å².